The van der Waals surface area contributed by atoms with Crippen LogP contribution in [0.2, 0.25) is 0 Å². The van der Waals surface area contributed by atoms with Gasteiger partial charge in [-0.05, 0) is 32.9 Å². The van der Waals surface area contributed by atoms with Crippen LogP contribution in [0.15, 0.2) is 0 Å². The van der Waals surface area contributed by atoms with Crippen LogP contribution >= 0.6 is 0 Å². The monoisotopic (exact) mass is 198 g/mol. The molecule has 0 aromatic carbocycles. The molecule has 0 unspecified atom stereocenters. The normalized spacial score (nSPS) is 17.9. The average molecular weight is 198 g/mol. The van der Waals surface area contributed by atoms with E-state index in [9.17, 15) is 4.79 Å². The summed E-state index contributed by atoms with van der Waals surface area (Å²) in [5.41, 5.74) is 0. The molecule has 1 fully saturated rings. The molecule has 1 saturated heterocycles. The Kier molecular flexibility index (Phi) is 5.60. The molecule has 0 aliphatic carbocycles. The van der Waals surface area contributed by atoms with Gasteiger partial charge in [-0.1, -0.05) is 12.8 Å². The molecule has 3 heteroatoms. The van der Waals surface area contributed by atoms with Crippen molar-refractivity contribution in [2.24, 2.45) is 0 Å². The van der Waals surface area contributed by atoms with E-state index >= 15 is 0 Å². The van der Waals surface area contributed by atoms with E-state index in [-0.39, 0.29) is 0 Å². The second-order valence-electron chi connectivity index (χ2n) is 4.00. The molecule has 1 aliphatic heterocycles. The lowest BCUT2D eigenvalue weighted by Gasteiger charge is -2.20. The van der Waals surface area contributed by atoms with Crippen molar-refractivity contribution in [1.82, 2.24) is 10.2 Å². The first-order valence-corrected chi connectivity index (χ1v) is 5.77. The molecule has 0 spiro atoms. The van der Waals surface area contributed by atoms with E-state index in [1.165, 1.54) is 25.7 Å². The highest BCUT2D eigenvalue weighted by molar-refractivity contribution is 5.76. The van der Waals surface area contributed by atoms with Crippen molar-refractivity contribution in [3.8, 4) is 0 Å². The van der Waals surface area contributed by atoms with Gasteiger partial charge in [0.2, 0.25) is 5.91 Å². The number of nitrogens with zero attached hydrogens (tertiary/aromatic N) is 1. The molecule has 0 atom stereocenters. The fourth-order valence-electron chi connectivity index (χ4n) is 1.89. The number of amides is 1. The van der Waals surface area contributed by atoms with Crippen molar-refractivity contribution in [2.45, 2.75) is 38.5 Å². The first-order chi connectivity index (χ1) is 6.84. The molecular weight excluding hydrogens is 176 g/mol. The summed E-state index contributed by atoms with van der Waals surface area (Å²) in [6, 6.07) is 0. The minimum absolute atomic E-state index is 0.349. The van der Waals surface area contributed by atoms with E-state index in [0.29, 0.717) is 12.3 Å². The van der Waals surface area contributed by atoms with Gasteiger partial charge in [-0.3, -0.25) is 4.79 Å². The molecule has 82 valence electrons. The van der Waals surface area contributed by atoms with Crippen molar-refractivity contribution in [3.05, 3.63) is 0 Å². The molecule has 14 heavy (non-hydrogen) atoms. The third kappa shape index (κ3) is 4.09. The van der Waals surface area contributed by atoms with Gasteiger partial charge in [0.05, 0.1) is 0 Å². The summed E-state index contributed by atoms with van der Waals surface area (Å²) in [6.07, 6.45) is 6.64. The highest BCUT2D eigenvalue weighted by atomic mass is 16.2. The summed E-state index contributed by atoms with van der Waals surface area (Å²) < 4.78 is 0. The summed E-state index contributed by atoms with van der Waals surface area (Å²) in [6.45, 7) is 2.91. The molecular formula is C11H22N2O. The Morgan fingerprint density at radius 3 is 2.43 bits per heavy atom. The summed E-state index contributed by atoms with van der Waals surface area (Å²) in [5.74, 6) is 0.349. The number of carbonyl (C=O) groups is 1. The van der Waals surface area contributed by atoms with Gasteiger partial charge < -0.3 is 10.2 Å². The molecule has 1 N–H and O–H groups in total. The Hall–Kier alpha value is -0.570. The van der Waals surface area contributed by atoms with Crippen molar-refractivity contribution < 1.29 is 4.79 Å². The lowest BCUT2D eigenvalue weighted by atomic mass is 10.2. The molecule has 0 radical (unpaired) electrons. The average Bonchev–Trinajstić information content (AvgIpc) is 2.46. The minimum Gasteiger partial charge on any atom is -0.343 e. The maximum absolute atomic E-state index is 11.7. The number of hydrogen-bond acceptors (Lipinski definition) is 2. The van der Waals surface area contributed by atoms with E-state index in [1.54, 1.807) is 0 Å². The van der Waals surface area contributed by atoms with Gasteiger partial charge >= 0.3 is 0 Å². The SMILES string of the molecule is CNCCCC(=O)N1CCCCCC1. The predicted octanol–water partition coefficient (Wildman–Crippen LogP) is 1.39. The lowest BCUT2D eigenvalue weighted by molar-refractivity contribution is -0.131. The number of carbonyl (C=O) groups excluding carboxylic acids is 1. The van der Waals surface area contributed by atoms with Crippen molar-refractivity contribution in [1.29, 1.82) is 0 Å². The molecule has 3 nitrogen and oxygen atoms in total. The second kappa shape index (κ2) is 6.82. The maximum Gasteiger partial charge on any atom is 0.222 e. The quantitative estimate of drug-likeness (QED) is 0.692. The van der Waals surface area contributed by atoms with Crippen LogP contribution in [0, 0.1) is 0 Å². The van der Waals surface area contributed by atoms with Crippen LogP contribution in [0.1, 0.15) is 38.5 Å². The van der Waals surface area contributed by atoms with Gasteiger partial charge in [-0.2, -0.15) is 0 Å². The van der Waals surface area contributed by atoms with Gasteiger partial charge in [0.1, 0.15) is 0 Å². The predicted molar refractivity (Wildman–Crippen MR) is 58.2 cm³/mol. The fraction of sp³-hybridized carbons (Fsp3) is 0.909. The highest BCUT2D eigenvalue weighted by Crippen LogP contribution is 2.10. The Morgan fingerprint density at radius 1 is 1.21 bits per heavy atom. The lowest BCUT2D eigenvalue weighted by Crippen LogP contribution is -2.32. The first kappa shape index (κ1) is 11.5. The molecule has 1 heterocycles. The highest BCUT2D eigenvalue weighted by Gasteiger charge is 2.14. The smallest absolute Gasteiger partial charge is 0.222 e. The molecule has 0 aromatic heterocycles. The Morgan fingerprint density at radius 2 is 1.86 bits per heavy atom. The van der Waals surface area contributed by atoms with Crippen LogP contribution < -0.4 is 5.32 Å². The largest absolute Gasteiger partial charge is 0.343 e. The van der Waals surface area contributed by atoms with Gasteiger partial charge in [-0.15, -0.1) is 0 Å². The van der Waals surface area contributed by atoms with E-state index in [0.717, 1.165) is 26.1 Å². The van der Waals surface area contributed by atoms with Crippen LogP contribution in [0.3, 0.4) is 0 Å². The zero-order valence-electron chi connectivity index (χ0n) is 9.22. The standard InChI is InChI=1S/C11H22N2O/c1-12-8-6-7-11(14)13-9-4-2-3-5-10-13/h12H,2-10H2,1H3. The van der Waals surface area contributed by atoms with Gasteiger partial charge in [0.15, 0.2) is 0 Å². The number of hydrogen-bond donors (Lipinski definition) is 1. The molecule has 1 rings (SSSR count). The molecule has 0 saturated carbocycles. The number of rotatable bonds is 4. The molecule has 0 aromatic rings. The summed E-state index contributed by atoms with van der Waals surface area (Å²) in [5, 5.41) is 3.07. The zero-order valence-corrected chi connectivity index (χ0v) is 9.22. The topological polar surface area (TPSA) is 32.3 Å². The van der Waals surface area contributed by atoms with Crippen LogP contribution in [-0.2, 0) is 4.79 Å². The summed E-state index contributed by atoms with van der Waals surface area (Å²) in [4.78, 5) is 13.8. The Labute approximate surface area is 86.9 Å². The molecule has 0 bridgehead atoms. The van der Waals surface area contributed by atoms with Crippen LogP contribution in [0.25, 0.3) is 0 Å². The van der Waals surface area contributed by atoms with Gasteiger partial charge in [-0.25, -0.2) is 0 Å². The second-order valence-corrected chi connectivity index (χ2v) is 4.00. The third-order valence-electron chi connectivity index (χ3n) is 2.78. The zero-order chi connectivity index (χ0) is 10.2. The molecule has 1 amide bonds. The number of nitrogens with one attached hydrogen (secondary N) is 1. The van der Waals surface area contributed by atoms with Crippen LogP contribution in [0.4, 0.5) is 0 Å². The third-order valence-corrected chi connectivity index (χ3v) is 2.78. The van der Waals surface area contributed by atoms with E-state index in [1.807, 2.05) is 11.9 Å². The van der Waals surface area contributed by atoms with Gasteiger partial charge in [0.25, 0.3) is 0 Å². The first-order valence-electron chi connectivity index (χ1n) is 5.77. The maximum atomic E-state index is 11.7. The summed E-state index contributed by atoms with van der Waals surface area (Å²) in [7, 11) is 1.93. The Balaban J connectivity index is 2.20. The van der Waals surface area contributed by atoms with E-state index in [2.05, 4.69) is 5.32 Å². The van der Waals surface area contributed by atoms with E-state index in [4.69, 9.17) is 0 Å². The van der Waals surface area contributed by atoms with Crippen molar-refractivity contribution in [3.63, 3.8) is 0 Å². The number of likely N-dealkylation sites (tertiary alicyclic amines) is 1. The fourth-order valence-corrected chi connectivity index (χ4v) is 1.89. The van der Waals surface area contributed by atoms with Crippen molar-refractivity contribution in [2.75, 3.05) is 26.7 Å². The van der Waals surface area contributed by atoms with Gasteiger partial charge in [0, 0.05) is 19.5 Å². The molecule has 1 aliphatic rings. The Bertz CT molecular complexity index is 163. The van der Waals surface area contributed by atoms with Crippen molar-refractivity contribution >= 4 is 5.91 Å². The van der Waals surface area contributed by atoms with Crippen LogP contribution in [-0.4, -0.2) is 37.5 Å². The minimum atomic E-state index is 0.349. The van der Waals surface area contributed by atoms with E-state index < -0.39 is 0 Å². The summed E-state index contributed by atoms with van der Waals surface area (Å²) >= 11 is 0. The van der Waals surface area contributed by atoms with Crippen LogP contribution in [0.5, 0.6) is 0 Å².